The number of rotatable bonds is 6. The van der Waals surface area contributed by atoms with E-state index in [0.717, 1.165) is 11.1 Å². The Morgan fingerprint density at radius 2 is 1.61 bits per heavy atom. The quantitative estimate of drug-likeness (QED) is 0.392. The molecule has 1 aromatic heterocycles. The van der Waals surface area contributed by atoms with Crippen molar-refractivity contribution in [2.45, 2.75) is 23.4 Å². The lowest BCUT2D eigenvalue weighted by Crippen LogP contribution is -2.07. The summed E-state index contributed by atoms with van der Waals surface area (Å²) in [6.45, 7) is 2.17. The Bertz CT molecular complexity index is 1300. The largest absolute Gasteiger partial charge is 0.419 e. The summed E-state index contributed by atoms with van der Waals surface area (Å²) in [4.78, 5) is 4.35. The molecule has 4 rings (SSSR count). The van der Waals surface area contributed by atoms with Gasteiger partial charge in [0, 0.05) is 17.1 Å². The Morgan fingerprint density at radius 3 is 2.26 bits per heavy atom. The molecule has 0 bridgehead atoms. The van der Waals surface area contributed by atoms with Crippen LogP contribution in [0.15, 0.2) is 87.1 Å². The molecule has 1 heterocycles. The minimum atomic E-state index is -3.96. The average Bonchev–Trinajstić information content (AvgIpc) is 3.19. The average molecular weight is 457 g/mol. The van der Waals surface area contributed by atoms with Crippen LogP contribution in [0.1, 0.15) is 11.1 Å². The number of hydrogen-bond donors (Lipinski definition) is 1. The molecular formula is C23H18ClFN2O3S. The second kappa shape index (κ2) is 8.53. The molecule has 3 aromatic carbocycles. The van der Waals surface area contributed by atoms with Gasteiger partial charge >= 0.3 is 0 Å². The maximum absolute atomic E-state index is 13.3. The number of benzene rings is 3. The molecule has 0 amide bonds. The molecule has 158 valence electrons. The van der Waals surface area contributed by atoms with E-state index in [0.29, 0.717) is 17.1 Å². The van der Waals surface area contributed by atoms with Crippen molar-refractivity contribution in [3.63, 3.8) is 0 Å². The van der Waals surface area contributed by atoms with Gasteiger partial charge in [0.1, 0.15) is 5.82 Å². The first-order chi connectivity index (χ1) is 14.8. The molecule has 0 aliphatic carbocycles. The van der Waals surface area contributed by atoms with Crippen LogP contribution >= 0.6 is 11.6 Å². The first-order valence-corrected chi connectivity index (χ1v) is 11.3. The van der Waals surface area contributed by atoms with Gasteiger partial charge in [0.05, 0.1) is 4.90 Å². The van der Waals surface area contributed by atoms with Crippen LogP contribution in [0, 0.1) is 12.7 Å². The van der Waals surface area contributed by atoms with Gasteiger partial charge < -0.3 is 9.73 Å². The summed E-state index contributed by atoms with van der Waals surface area (Å²) in [5, 5.41) is 3.38. The van der Waals surface area contributed by atoms with Crippen molar-refractivity contribution in [1.29, 1.82) is 0 Å². The van der Waals surface area contributed by atoms with Gasteiger partial charge in [-0.1, -0.05) is 41.4 Å². The fourth-order valence-corrected chi connectivity index (χ4v) is 4.33. The van der Waals surface area contributed by atoms with Crippen LogP contribution < -0.4 is 5.32 Å². The van der Waals surface area contributed by atoms with Crippen molar-refractivity contribution in [2.75, 3.05) is 5.32 Å². The van der Waals surface area contributed by atoms with Gasteiger partial charge in [-0.05, 0) is 61.0 Å². The normalized spacial score (nSPS) is 11.5. The van der Waals surface area contributed by atoms with E-state index in [1.54, 1.807) is 24.3 Å². The fourth-order valence-electron chi connectivity index (χ4n) is 2.93. The molecular weight excluding hydrogens is 439 g/mol. The third-order valence-electron chi connectivity index (χ3n) is 4.64. The second-order valence-electron chi connectivity index (χ2n) is 6.96. The first-order valence-electron chi connectivity index (χ1n) is 9.40. The SMILES string of the molecule is Cc1ccc(S(=O)(=O)c2nc(-c3ccc(F)cc3)oc2NCc2ccc(Cl)cc2)cc1. The number of oxazole rings is 1. The van der Waals surface area contributed by atoms with Gasteiger partial charge in [-0.25, -0.2) is 12.8 Å². The standard InChI is InChI=1S/C23H18ClFN2O3S/c1-15-2-12-20(13-3-15)31(28,29)23-22(26-14-16-4-8-18(24)9-5-16)30-21(27-23)17-6-10-19(25)11-7-17/h2-13,26H,14H2,1H3. The number of halogens is 2. The molecule has 0 radical (unpaired) electrons. The molecule has 0 aliphatic heterocycles. The van der Waals surface area contributed by atoms with Crippen molar-refractivity contribution in [2.24, 2.45) is 0 Å². The molecule has 4 aromatic rings. The van der Waals surface area contributed by atoms with E-state index in [-0.39, 0.29) is 21.7 Å². The monoisotopic (exact) mass is 456 g/mol. The molecule has 1 N–H and O–H groups in total. The van der Waals surface area contributed by atoms with Gasteiger partial charge in [0.15, 0.2) is 0 Å². The number of hydrogen-bond acceptors (Lipinski definition) is 5. The maximum atomic E-state index is 13.3. The predicted molar refractivity (Wildman–Crippen MR) is 117 cm³/mol. The molecule has 0 spiro atoms. The summed E-state index contributed by atoms with van der Waals surface area (Å²) in [7, 11) is -3.96. The summed E-state index contributed by atoms with van der Waals surface area (Å²) < 4.78 is 45.6. The van der Waals surface area contributed by atoms with Gasteiger partial charge in [-0.2, -0.15) is 4.98 Å². The second-order valence-corrected chi connectivity index (χ2v) is 9.26. The molecule has 31 heavy (non-hydrogen) atoms. The number of nitrogens with zero attached hydrogens (tertiary/aromatic N) is 1. The van der Waals surface area contributed by atoms with Crippen molar-refractivity contribution in [3.05, 3.63) is 94.8 Å². The summed E-state index contributed by atoms with van der Waals surface area (Å²) in [6, 6.07) is 19.1. The third kappa shape index (κ3) is 4.62. The molecule has 0 fully saturated rings. The van der Waals surface area contributed by atoms with Crippen molar-refractivity contribution in [3.8, 4) is 11.5 Å². The lowest BCUT2D eigenvalue weighted by molar-refractivity contribution is 0.576. The lowest BCUT2D eigenvalue weighted by Gasteiger charge is -2.07. The van der Waals surface area contributed by atoms with Crippen LogP contribution in [0.2, 0.25) is 5.02 Å². The highest BCUT2D eigenvalue weighted by Gasteiger charge is 2.28. The molecule has 0 unspecified atom stereocenters. The van der Waals surface area contributed by atoms with Gasteiger partial charge in [0.2, 0.25) is 26.6 Å². The Hall–Kier alpha value is -3.16. The van der Waals surface area contributed by atoms with E-state index >= 15 is 0 Å². The van der Waals surface area contributed by atoms with Gasteiger partial charge in [-0.15, -0.1) is 0 Å². The van der Waals surface area contributed by atoms with Crippen molar-refractivity contribution in [1.82, 2.24) is 4.98 Å². The summed E-state index contributed by atoms with van der Waals surface area (Å²) >= 11 is 5.92. The van der Waals surface area contributed by atoms with Crippen LogP contribution in [-0.2, 0) is 16.4 Å². The Kier molecular flexibility index (Phi) is 5.80. The number of aromatic nitrogens is 1. The van der Waals surface area contributed by atoms with Crippen LogP contribution in [0.5, 0.6) is 0 Å². The minimum absolute atomic E-state index is 0.00912. The Morgan fingerprint density at radius 1 is 0.968 bits per heavy atom. The van der Waals surface area contributed by atoms with Gasteiger partial charge in [0.25, 0.3) is 0 Å². The molecule has 0 atom stereocenters. The van der Waals surface area contributed by atoms with Crippen LogP contribution in [0.4, 0.5) is 10.3 Å². The molecule has 0 saturated heterocycles. The number of anilines is 1. The first kappa shape index (κ1) is 21.1. The van der Waals surface area contributed by atoms with Crippen molar-refractivity contribution >= 4 is 27.3 Å². The molecule has 0 aliphatic rings. The van der Waals surface area contributed by atoms with Crippen molar-refractivity contribution < 1.29 is 17.2 Å². The number of sulfone groups is 1. The molecule has 5 nitrogen and oxygen atoms in total. The predicted octanol–water partition coefficient (Wildman–Crippen LogP) is 5.89. The minimum Gasteiger partial charge on any atom is -0.419 e. The fraction of sp³-hybridized carbons (Fsp3) is 0.0870. The number of nitrogens with one attached hydrogen (secondary N) is 1. The summed E-state index contributed by atoms with van der Waals surface area (Å²) in [5.74, 6) is -0.331. The van der Waals surface area contributed by atoms with E-state index < -0.39 is 15.7 Å². The van der Waals surface area contributed by atoms with E-state index in [9.17, 15) is 12.8 Å². The topological polar surface area (TPSA) is 72.2 Å². The highest BCUT2D eigenvalue weighted by Crippen LogP contribution is 2.33. The molecule has 8 heteroatoms. The Balaban J connectivity index is 1.74. The summed E-state index contributed by atoms with van der Waals surface area (Å²) in [5.41, 5.74) is 2.27. The lowest BCUT2D eigenvalue weighted by atomic mass is 10.2. The summed E-state index contributed by atoms with van der Waals surface area (Å²) in [6.07, 6.45) is 0. The Labute approximate surface area is 184 Å². The van der Waals surface area contributed by atoms with Crippen LogP contribution in [-0.4, -0.2) is 13.4 Å². The van der Waals surface area contributed by atoms with Crippen LogP contribution in [0.3, 0.4) is 0 Å². The smallest absolute Gasteiger partial charge is 0.234 e. The van der Waals surface area contributed by atoms with E-state index in [1.807, 2.05) is 19.1 Å². The zero-order valence-corrected chi connectivity index (χ0v) is 18.0. The molecule has 0 saturated carbocycles. The zero-order chi connectivity index (χ0) is 22.0. The van der Waals surface area contributed by atoms with E-state index in [1.165, 1.54) is 36.4 Å². The van der Waals surface area contributed by atoms with E-state index in [4.69, 9.17) is 16.0 Å². The highest BCUT2D eigenvalue weighted by molar-refractivity contribution is 7.91. The van der Waals surface area contributed by atoms with E-state index in [2.05, 4.69) is 10.3 Å². The number of aryl methyl sites for hydroxylation is 1. The third-order valence-corrected chi connectivity index (χ3v) is 6.57. The maximum Gasteiger partial charge on any atom is 0.234 e. The zero-order valence-electron chi connectivity index (χ0n) is 16.5. The van der Waals surface area contributed by atoms with Crippen LogP contribution in [0.25, 0.3) is 11.5 Å². The van der Waals surface area contributed by atoms with Gasteiger partial charge in [-0.3, -0.25) is 0 Å². The highest BCUT2D eigenvalue weighted by atomic mass is 35.5.